The van der Waals surface area contributed by atoms with Crippen molar-refractivity contribution in [2.45, 2.75) is 37.6 Å². The summed E-state index contributed by atoms with van der Waals surface area (Å²) in [7, 11) is -1.57. The van der Waals surface area contributed by atoms with Crippen LogP contribution in [0, 0.1) is 5.82 Å². The van der Waals surface area contributed by atoms with Crippen molar-refractivity contribution in [3.63, 3.8) is 0 Å². The van der Waals surface area contributed by atoms with E-state index in [1.807, 2.05) is 51.2 Å². The zero-order chi connectivity index (χ0) is 23.3. The molecule has 0 aromatic heterocycles. The third kappa shape index (κ3) is 5.68. The molecule has 0 spiro atoms. The van der Waals surface area contributed by atoms with Gasteiger partial charge in [0.2, 0.25) is 0 Å². The van der Waals surface area contributed by atoms with Crippen molar-refractivity contribution in [1.29, 1.82) is 0 Å². The van der Waals surface area contributed by atoms with Gasteiger partial charge >= 0.3 is 0 Å². The van der Waals surface area contributed by atoms with Crippen LogP contribution in [0.1, 0.15) is 36.5 Å². The minimum absolute atomic E-state index is 0.0158. The number of hydrogen-bond donors (Lipinski definition) is 2. The number of carbonyl (C=O) groups is 1. The molecule has 3 aromatic carbocycles. The number of hydrogen-bond acceptors (Lipinski definition) is 3. The van der Waals surface area contributed by atoms with E-state index in [9.17, 15) is 13.4 Å². The first kappa shape index (κ1) is 23.8. The van der Waals surface area contributed by atoms with E-state index in [2.05, 4.69) is 9.68 Å². The van der Waals surface area contributed by atoms with Crippen molar-refractivity contribution in [3.05, 3.63) is 89.2 Å². The lowest BCUT2D eigenvalue weighted by molar-refractivity contribution is -0.117. The fourth-order valence-corrected chi connectivity index (χ4v) is 4.64. The lowest BCUT2D eigenvalue weighted by Gasteiger charge is -2.17. The summed E-state index contributed by atoms with van der Waals surface area (Å²) in [6, 6.07) is 19.0. The summed E-state index contributed by atoms with van der Waals surface area (Å²) in [5, 5.41) is 8.98. The zero-order valence-corrected chi connectivity index (χ0v) is 19.3. The summed E-state index contributed by atoms with van der Waals surface area (Å²) < 4.78 is 31.3. The molecule has 0 aliphatic rings. The maximum Gasteiger partial charge on any atom is 0.259 e. The first-order chi connectivity index (χ1) is 15.2. The largest absolute Gasteiger partial charge is 0.316 e. The second-order valence-electron chi connectivity index (χ2n) is 7.95. The van der Waals surface area contributed by atoms with E-state index in [-0.39, 0.29) is 23.1 Å². The molecule has 1 amide bonds. The molecule has 0 aliphatic carbocycles. The minimum Gasteiger partial charge on any atom is -0.316 e. The number of amides is 1. The number of nitrogens with two attached hydrogens (primary N) is 1. The molecule has 0 radical (unpaired) electrons. The predicted octanol–water partition coefficient (Wildman–Crippen LogP) is 4.81. The molecule has 0 bridgehead atoms. The van der Waals surface area contributed by atoms with Gasteiger partial charge in [0, 0.05) is 6.54 Å². The van der Waals surface area contributed by atoms with Crippen molar-refractivity contribution in [2.24, 2.45) is 9.50 Å². The molecule has 3 rings (SSSR count). The lowest BCUT2D eigenvalue weighted by atomic mass is 9.88. The van der Waals surface area contributed by atoms with Gasteiger partial charge in [0.05, 0.1) is 11.3 Å². The van der Waals surface area contributed by atoms with Gasteiger partial charge in [-0.15, -0.1) is 4.36 Å². The molecule has 3 N–H and O–H groups in total. The Kier molecular flexibility index (Phi) is 7.56. The van der Waals surface area contributed by atoms with Gasteiger partial charge in [-0.25, -0.2) is 13.7 Å². The molecule has 7 heteroatoms. The zero-order valence-electron chi connectivity index (χ0n) is 18.5. The maximum atomic E-state index is 14.4. The highest BCUT2D eigenvalue weighted by molar-refractivity contribution is 7.91. The Morgan fingerprint density at radius 3 is 2.34 bits per heavy atom. The van der Waals surface area contributed by atoms with Gasteiger partial charge in [0.15, 0.2) is 0 Å². The van der Waals surface area contributed by atoms with Gasteiger partial charge < -0.3 is 5.32 Å². The van der Waals surface area contributed by atoms with Crippen molar-refractivity contribution >= 4 is 15.8 Å². The van der Waals surface area contributed by atoms with Crippen LogP contribution in [0.5, 0.6) is 0 Å². The summed E-state index contributed by atoms with van der Waals surface area (Å²) in [4.78, 5) is 13.2. The van der Waals surface area contributed by atoms with Crippen LogP contribution in [0.25, 0.3) is 11.1 Å². The first-order valence-electron chi connectivity index (χ1n) is 10.4. The molecule has 32 heavy (non-hydrogen) atoms. The number of rotatable bonds is 7. The second-order valence-corrected chi connectivity index (χ2v) is 9.74. The first-order valence-corrected chi connectivity index (χ1v) is 12.0. The highest BCUT2D eigenvalue weighted by atomic mass is 32.2. The monoisotopic (exact) mass is 453 g/mol. The third-order valence-corrected chi connectivity index (χ3v) is 6.59. The molecule has 0 heterocycles. The van der Waals surface area contributed by atoms with Crippen molar-refractivity contribution in [1.82, 2.24) is 5.32 Å². The molecule has 1 unspecified atom stereocenters. The minimum atomic E-state index is -3.40. The van der Waals surface area contributed by atoms with Crippen LogP contribution >= 0.6 is 0 Å². The van der Waals surface area contributed by atoms with Crippen LogP contribution in [-0.2, 0) is 27.7 Å². The van der Waals surface area contributed by atoms with Crippen LogP contribution < -0.4 is 10.5 Å². The third-order valence-electron chi connectivity index (χ3n) is 5.16. The summed E-state index contributed by atoms with van der Waals surface area (Å²) in [6.07, 6.45) is -0.121. The molecule has 5 nitrogen and oxygen atoms in total. The average molecular weight is 454 g/mol. The van der Waals surface area contributed by atoms with Crippen LogP contribution in [-0.4, -0.2) is 17.2 Å². The Hall–Kier alpha value is -2.87. The fourth-order valence-electron chi connectivity index (χ4n) is 3.64. The quantitative estimate of drug-likeness (QED) is 0.539. The summed E-state index contributed by atoms with van der Waals surface area (Å²) in [6.45, 7) is 4.54. The predicted molar refractivity (Wildman–Crippen MR) is 127 cm³/mol. The van der Waals surface area contributed by atoms with E-state index < -0.39 is 15.8 Å². The molecule has 0 aliphatic heterocycles. The van der Waals surface area contributed by atoms with Crippen LogP contribution in [0.3, 0.4) is 0 Å². The Labute approximate surface area is 189 Å². The maximum absolute atomic E-state index is 14.4. The van der Waals surface area contributed by atoms with Gasteiger partial charge in [-0.1, -0.05) is 56.3 Å². The average Bonchev–Trinajstić information content (AvgIpc) is 2.75. The van der Waals surface area contributed by atoms with E-state index in [0.717, 1.165) is 11.1 Å². The lowest BCUT2D eigenvalue weighted by Crippen LogP contribution is -2.17. The van der Waals surface area contributed by atoms with Crippen LogP contribution in [0.15, 0.2) is 76.0 Å². The van der Waals surface area contributed by atoms with Crippen molar-refractivity contribution in [3.8, 4) is 11.1 Å². The summed E-state index contributed by atoms with van der Waals surface area (Å²) >= 11 is 0. The van der Waals surface area contributed by atoms with Crippen LogP contribution in [0.4, 0.5) is 4.39 Å². The highest BCUT2D eigenvalue weighted by Gasteiger charge is 2.19. The van der Waals surface area contributed by atoms with E-state index in [1.165, 1.54) is 12.1 Å². The molecule has 0 saturated carbocycles. The standard InChI is InChI=1S/C25H28FN3O2S/c1-17(2)22-13-20(26)14-23(19-7-5-4-6-8-19)24(22)15-25(30)29-32(27,31)21-11-9-18(10-12-21)16-28-3/h4-14,17,28H,15-16H2,1-3H3,(H2,27,29,30,31). The van der Waals surface area contributed by atoms with E-state index in [0.29, 0.717) is 23.2 Å². The van der Waals surface area contributed by atoms with Crippen molar-refractivity contribution < 1.29 is 13.4 Å². The Morgan fingerprint density at radius 2 is 1.75 bits per heavy atom. The number of carbonyl (C=O) groups excluding carboxylic acids is 1. The molecular formula is C25H28FN3O2S. The smallest absolute Gasteiger partial charge is 0.259 e. The normalized spacial score (nSPS) is 13.1. The Morgan fingerprint density at radius 1 is 1.09 bits per heavy atom. The number of benzene rings is 3. The topological polar surface area (TPSA) is 84.5 Å². The molecule has 0 saturated heterocycles. The highest BCUT2D eigenvalue weighted by Crippen LogP contribution is 2.32. The van der Waals surface area contributed by atoms with Gasteiger partial charge in [-0.2, -0.15) is 0 Å². The SMILES string of the molecule is CNCc1ccc(S(N)(=O)=NC(=O)Cc2c(-c3ccccc3)cc(F)cc2C(C)C)cc1. The van der Waals surface area contributed by atoms with Gasteiger partial charge in [-0.3, -0.25) is 4.79 Å². The Balaban J connectivity index is 2.00. The number of nitrogens with one attached hydrogen (secondary N) is 1. The Bertz CT molecular complexity index is 1220. The van der Waals surface area contributed by atoms with Crippen molar-refractivity contribution in [2.75, 3.05) is 7.05 Å². The molecular weight excluding hydrogens is 425 g/mol. The summed E-state index contributed by atoms with van der Waals surface area (Å²) in [5.74, 6) is -0.995. The molecule has 0 fully saturated rings. The van der Waals surface area contributed by atoms with E-state index >= 15 is 0 Å². The fraction of sp³-hybridized carbons (Fsp3) is 0.240. The van der Waals surface area contributed by atoms with Crippen LogP contribution in [0.2, 0.25) is 0 Å². The molecule has 3 aromatic rings. The second kappa shape index (κ2) is 10.2. The van der Waals surface area contributed by atoms with E-state index in [4.69, 9.17) is 5.14 Å². The summed E-state index contributed by atoms with van der Waals surface area (Å²) in [5.41, 5.74) is 3.80. The molecule has 168 valence electrons. The van der Waals surface area contributed by atoms with Gasteiger partial charge in [0.25, 0.3) is 5.91 Å². The number of halogens is 1. The molecule has 1 atom stereocenters. The van der Waals surface area contributed by atoms with Gasteiger partial charge in [-0.05, 0) is 65.0 Å². The number of nitrogens with zero attached hydrogens (tertiary/aromatic N) is 1. The van der Waals surface area contributed by atoms with E-state index in [1.54, 1.807) is 24.3 Å². The van der Waals surface area contributed by atoms with Gasteiger partial charge in [0.1, 0.15) is 15.7 Å².